The van der Waals surface area contributed by atoms with E-state index in [0.717, 1.165) is 44.9 Å². The number of rotatable bonds is 8. The van der Waals surface area contributed by atoms with Crippen molar-refractivity contribution in [2.24, 2.45) is 56.7 Å². The Morgan fingerprint density at radius 3 is 2.03 bits per heavy atom. The SMILES string of the molecule is C[C@@H]1CC[C@]2(C(=O)O)CC[C@]3(C)C(=CCC4[C@@]5(C)CC[C@H](O[C@@H]6OC[C@H](O)[C@H](O[C@@H]7O[C@H](CO)[C@@H](O)[C@H](O)[C@H]7O)[C@H]6O[C@@H]6O[C@@H](C)[C@H](O)[C@@H](O)[C@H]6O)C(C)(C)C5CC[C@]43C)C2[C@H]1C. The van der Waals surface area contributed by atoms with E-state index in [1.165, 1.54) is 12.5 Å². The second-order valence-corrected chi connectivity index (χ2v) is 22.4. The number of carbonyl (C=O) groups is 1. The van der Waals surface area contributed by atoms with Gasteiger partial charge in [-0.2, -0.15) is 0 Å². The molecule has 5 aliphatic carbocycles. The lowest BCUT2D eigenvalue weighted by Gasteiger charge is -2.71. The molecule has 9 N–H and O–H groups in total. The van der Waals surface area contributed by atoms with Gasteiger partial charge in [0.2, 0.25) is 0 Å². The Hall–Kier alpha value is -1.35. The molecule has 7 fully saturated rings. The topological polar surface area (TPSA) is 255 Å². The lowest BCUT2D eigenvalue weighted by atomic mass is 9.33. The van der Waals surface area contributed by atoms with Crippen LogP contribution in [-0.4, -0.2) is 157 Å². The Balaban J connectivity index is 1.07. The maximum Gasteiger partial charge on any atom is 0.310 e. The predicted molar refractivity (Wildman–Crippen MR) is 223 cm³/mol. The molecule has 63 heavy (non-hydrogen) atoms. The van der Waals surface area contributed by atoms with Crippen molar-refractivity contribution in [3.8, 4) is 0 Å². The fraction of sp³-hybridized carbons (Fsp3) is 0.936. The third kappa shape index (κ3) is 7.33. The summed E-state index contributed by atoms with van der Waals surface area (Å²) in [6.07, 6.45) is -11.3. The summed E-state index contributed by atoms with van der Waals surface area (Å²) in [5, 5.41) is 96.2. The van der Waals surface area contributed by atoms with Crippen molar-refractivity contribution in [1.29, 1.82) is 0 Å². The zero-order chi connectivity index (χ0) is 45.9. The summed E-state index contributed by atoms with van der Waals surface area (Å²) in [5.74, 6) is 0.683. The number of aliphatic hydroxyl groups excluding tert-OH is 8. The third-order valence-corrected chi connectivity index (χ3v) is 19.3. The van der Waals surface area contributed by atoms with Crippen molar-refractivity contribution in [1.82, 2.24) is 0 Å². The minimum atomic E-state index is -1.80. The highest BCUT2D eigenvalue weighted by Crippen LogP contribution is 2.76. The largest absolute Gasteiger partial charge is 0.481 e. The molecule has 0 aromatic rings. The van der Waals surface area contributed by atoms with Gasteiger partial charge in [0.05, 0.1) is 30.8 Å². The molecule has 3 unspecified atom stereocenters. The summed E-state index contributed by atoms with van der Waals surface area (Å²) in [7, 11) is 0. The van der Waals surface area contributed by atoms with Gasteiger partial charge in [0, 0.05) is 0 Å². The first-order chi connectivity index (χ1) is 29.5. The van der Waals surface area contributed by atoms with Crippen LogP contribution in [0.4, 0.5) is 0 Å². The second kappa shape index (κ2) is 17.0. The molecule has 0 spiro atoms. The molecule has 0 bridgehead atoms. The summed E-state index contributed by atoms with van der Waals surface area (Å²) in [5.41, 5.74) is -0.0269. The van der Waals surface area contributed by atoms with Crippen molar-refractivity contribution < 1.29 is 79.2 Å². The third-order valence-electron chi connectivity index (χ3n) is 19.3. The molecular weight excluding hydrogens is 821 g/mol. The quantitative estimate of drug-likeness (QED) is 0.125. The van der Waals surface area contributed by atoms with E-state index in [4.69, 9.17) is 28.4 Å². The second-order valence-electron chi connectivity index (χ2n) is 22.4. The van der Waals surface area contributed by atoms with Crippen molar-refractivity contribution in [3.05, 3.63) is 11.6 Å². The van der Waals surface area contributed by atoms with Crippen molar-refractivity contribution in [2.75, 3.05) is 13.2 Å². The summed E-state index contributed by atoms with van der Waals surface area (Å²) in [6, 6.07) is 0. The Labute approximate surface area is 371 Å². The number of fused-ring (bicyclic) bond motifs is 7. The van der Waals surface area contributed by atoms with Crippen LogP contribution in [-0.2, 0) is 33.2 Å². The van der Waals surface area contributed by atoms with Crippen LogP contribution in [0.2, 0.25) is 0 Å². The minimum Gasteiger partial charge on any atom is -0.481 e. The van der Waals surface area contributed by atoms with E-state index < -0.39 is 116 Å². The van der Waals surface area contributed by atoms with Crippen LogP contribution in [0.15, 0.2) is 11.6 Å². The maximum absolute atomic E-state index is 13.2. The van der Waals surface area contributed by atoms with Gasteiger partial charge in [-0.25, -0.2) is 0 Å². The molecule has 24 atom stereocenters. The van der Waals surface area contributed by atoms with E-state index >= 15 is 0 Å². The normalized spacial score (nSPS) is 55.7. The Morgan fingerprint density at radius 1 is 0.714 bits per heavy atom. The molecule has 0 radical (unpaired) electrons. The van der Waals surface area contributed by atoms with Crippen LogP contribution in [0.25, 0.3) is 0 Å². The molecule has 3 aliphatic heterocycles. The molecule has 0 aromatic heterocycles. The van der Waals surface area contributed by atoms with Crippen LogP contribution >= 0.6 is 0 Å². The molecule has 16 heteroatoms. The summed E-state index contributed by atoms with van der Waals surface area (Å²) < 4.78 is 37.1. The van der Waals surface area contributed by atoms with Gasteiger partial charge in [0.1, 0.15) is 61.0 Å². The van der Waals surface area contributed by atoms with Gasteiger partial charge in [0.15, 0.2) is 18.9 Å². The van der Waals surface area contributed by atoms with E-state index in [0.29, 0.717) is 24.7 Å². The average molecular weight is 897 g/mol. The molecule has 16 nitrogen and oxygen atoms in total. The molecule has 3 saturated heterocycles. The van der Waals surface area contributed by atoms with E-state index in [2.05, 4.69) is 54.5 Å². The smallest absolute Gasteiger partial charge is 0.310 e. The Kier molecular flexibility index (Phi) is 13.0. The van der Waals surface area contributed by atoms with E-state index in [1.54, 1.807) is 0 Å². The van der Waals surface area contributed by atoms with Crippen LogP contribution in [0.5, 0.6) is 0 Å². The number of carboxylic acids is 1. The van der Waals surface area contributed by atoms with E-state index in [1.807, 2.05) is 0 Å². The van der Waals surface area contributed by atoms with Crippen molar-refractivity contribution in [2.45, 2.75) is 205 Å². The first kappa shape index (κ1) is 48.1. The lowest BCUT2D eigenvalue weighted by Crippen LogP contribution is -2.67. The predicted octanol–water partition coefficient (Wildman–Crippen LogP) is 2.23. The Morgan fingerprint density at radius 2 is 1.37 bits per heavy atom. The first-order valence-corrected chi connectivity index (χ1v) is 23.7. The van der Waals surface area contributed by atoms with Gasteiger partial charge in [-0.3, -0.25) is 4.79 Å². The molecule has 8 rings (SSSR count). The molecule has 0 amide bonds. The standard InChI is InChI=1S/C47H76O16/c1-21-11-16-47(42(56)57)18-17-45(7)24(30(47)22(21)2)9-10-28-44(6)14-13-29(43(4,5)27(44)12-15-46(28,45)8)61-41-38(63-39-35(54)33(52)31(50)23(3)59-39)37(25(49)20-58-41)62-40-36(55)34(53)32(51)26(19-48)60-40/h9,21-23,25-41,48-55H,10-20H2,1-8H3,(H,56,57)/t21-,22+,23+,25+,26-,27?,28?,29+,30?,31+,32-,33-,34+,35-,36-,37+,38-,39+,40+,41+,44+,45-,46-,47+/m1/s1. The van der Waals surface area contributed by atoms with Crippen molar-refractivity contribution in [3.63, 3.8) is 0 Å². The molecule has 4 saturated carbocycles. The lowest BCUT2D eigenvalue weighted by molar-refractivity contribution is -0.388. The number of aliphatic carboxylic acids is 1. The van der Waals surface area contributed by atoms with Crippen LogP contribution in [0, 0.1) is 56.7 Å². The van der Waals surface area contributed by atoms with Crippen LogP contribution < -0.4 is 0 Å². The number of ether oxygens (including phenoxy) is 6. The summed E-state index contributed by atoms with van der Waals surface area (Å²) >= 11 is 0. The van der Waals surface area contributed by atoms with Gasteiger partial charge in [0.25, 0.3) is 0 Å². The zero-order valence-corrected chi connectivity index (χ0v) is 38.3. The molecule has 8 aliphatic rings. The Bertz CT molecular complexity index is 1710. The maximum atomic E-state index is 13.2. The highest BCUT2D eigenvalue weighted by Gasteiger charge is 2.70. The fourth-order valence-electron chi connectivity index (χ4n) is 15.0. The molecule has 360 valence electrons. The monoisotopic (exact) mass is 897 g/mol. The average Bonchev–Trinajstić information content (AvgIpc) is 3.23. The van der Waals surface area contributed by atoms with Gasteiger partial charge in [-0.15, -0.1) is 0 Å². The number of hydrogen-bond acceptors (Lipinski definition) is 15. The number of allylic oxidation sites excluding steroid dienone is 2. The highest BCUT2D eigenvalue weighted by molar-refractivity contribution is 5.76. The first-order valence-electron chi connectivity index (χ1n) is 23.7. The summed E-state index contributed by atoms with van der Waals surface area (Å²) in [4.78, 5) is 13.2. The minimum absolute atomic E-state index is 0.0238. The number of hydrogen-bond donors (Lipinski definition) is 9. The van der Waals surface area contributed by atoms with Gasteiger partial charge < -0.3 is 74.4 Å². The fourth-order valence-corrected chi connectivity index (χ4v) is 15.0. The number of carboxylic acid groups (broad SMARTS) is 1. The van der Waals surface area contributed by atoms with Crippen LogP contribution in [0.1, 0.15) is 113 Å². The highest BCUT2D eigenvalue weighted by atomic mass is 16.8. The molecule has 3 heterocycles. The van der Waals surface area contributed by atoms with Gasteiger partial charge in [-0.05, 0) is 116 Å². The molecule has 0 aromatic carbocycles. The van der Waals surface area contributed by atoms with E-state index in [9.17, 15) is 50.8 Å². The van der Waals surface area contributed by atoms with Gasteiger partial charge >= 0.3 is 5.97 Å². The van der Waals surface area contributed by atoms with Crippen LogP contribution in [0.3, 0.4) is 0 Å². The van der Waals surface area contributed by atoms with Gasteiger partial charge in [-0.1, -0.05) is 60.1 Å². The summed E-state index contributed by atoms with van der Waals surface area (Å²) in [6.45, 7) is 16.9. The van der Waals surface area contributed by atoms with E-state index in [-0.39, 0.29) is 40.6 Å². The van der Waals surface area contributed by atoms with Crippen molar-refractivity contribution >= 4 is 5.97 Å². The number of aliphatic hydroxyl groups is 8. The molecular formula is C47H76O16. The zero-order valence-electron chi connectivity index (χ0n) is 38.3.